The third-order valence-corrected chi connectivity index (χ3v) is 6.99. The lowest BCUT2D eigenvalue weighted by Crippen LogP contribution is -2.29. The average molecular weight is 528 g/mol. The predicted molar refractivity (Wildman–Crippen MR) is 150 cm³/mol. The lowest BCUT2D eigenvalue weighted by atomic mass is 9.85. The van der Waals surface area contributed by atoms with Gasteiger partial charge in [-0.25, -0.2) is 0 Å². The second-order valence-electron chi connectivity index (χ2n) is 10.8. The van der Waals surface area contributed by atoms with Crippen molar-refractivity contribution in [2.75, 3.05) is 12.0 Å². The molecule has 0 bridgehead atoms. The number of amides is 1. The lowest BCUT2D eigenvalue weighted by molar-refractivity contribution is -0.132. The summed E-state index contributed by atoms with van der Waals surface area (Å²) in [6.45, 7) is 11.3. The molecule has 4 rings (SSSR count). The van der Waals surface area contributed by atoms with E-state index in [-0.39, 0.29) is 16.7 Å². The molecular weight excluding hydrogens is 494 g/mol. The Balaban J connectivity index is 1.98. The quantitative estimate of drug-likeness (QED) is 0.140. The van der Waals surface area contributed by atoms with Crippen LogP contribution < -0.4 is 14.4 Å². The van der Waals surface area contributed by atoms with Crippen molar-refractivity contribution < 1.29 is 29.0 Å². The first-order chi connectivity index (χ1) is 18.3. The minimum Gasteiger partial charge on any atom is -0.507 e. The first-order valence-electron chi connectivity index (χ1n) is 12.7. The zero-order valence-corrected chi connectivity index (χ0v) is 23.3. The van der Waals surface area contributed by atoms with E-state index >= 15 is 0 Å². The molecule has 1 amide bonds. The highest BCUT2D eigenvalue weighted by molar-refractivity contribution is 6.51. The number of methoxy groups -OCH3 is 1. The van der Waals surface area contributed by atoms with E-state index in [4.69, 9.17) is 9.47 Å². The molecule has 1 aliphatic rings. The molecule has 7 heteroatoms. The van der Waals surface area contributed by atoms with Crippen LogP contribution in [0.3, 0.4) is 0 Å². The van der Waals surface area contributed by atoms with Gasteiger partial charge in [0.2, 0.25) is 0 Å². The molecule has 1 saturated heterocycles. The number of aliphatic hydroxyl groups is 1. The molecule has 202 valence electrons. The van der Waals surface area contributed by atoms with Gasteiger partial charge in [-0.1, -0.05) is 45.0 Å². The molecule has 1 aliphatic heterocycles. The summed E-state index contributed by atoms with van der Waals surface area (Å²) in [5.41, 5.74) is 4.06. The minimum absolute atomic E-state index is 0.0529. The van der Waals surface area contributed by atoms with Gasteiger partial charge in [-0.05, 0) is 77.9 Å². The van der Waals surface area contributed by atoms with Crippen LogP contribution in [0, 0.1) is 13.8 Å². The van der Waals surface area contributed by atoms with Crippen LogP contribution in [0.4, 0.5) is 5.69 Å². The van der Waals surface area contributed by atoms with Crippen molar-refractivity contribution in [2.45, 2.75) is 53.0 Å². The summed E-state index contributed by atoms with van der Waals surface area (Å²) in [5, 5.41) is 11.7. The Morgan fingerprint density at radius 1 is 0.923 bits per heavy atom. The first kappa shape index (κ1) is 27.6. The van der Waals surface area contributed by atoms with Crippen LogP contribution in [0.1, 0.15) is 61.6 Å². The van der Waals surface area contributed by atoms with Crippen LogP contribution >= 0.6 is 0 Å². The number of Topliss-reactive ketones (excluding diaryl/α,β-unsaturated/α-hetero) is 1. The number of benzene rings is 3. The van der Waals surface area contributed by atoms with Gasteiger partial charge in [0.05, 0.1) is 24.3 Å². The molecular formula is C32H33NO6. The fourth-order valence-corrected chi connectivity index (χ4v) is 4.68. The number of rotatable bonds is 5. The van der Waals surface area contributed by atoms with E-state index < -0.39 is 23.7 Å². The Bertz CT molecular complexity index is 1490. The number of carbonyl (C=O) groups is 3. The molecule has 1 fully saturated rings. The Kier molecular flexibility index (Phi) is 7.37. The molecule has 1 N–H and O–H groups in total. The van der Waals surface area contributed by atoms with Crippen molar-refractivity contribution in [3.05, 3.63) is 94.1 Å². The fraction of sp³-hybridized carbons (Fsp3) is 0.281. The molecule has 0 radical (unpaired) electrons. The van der Waals surface area contributed by atoms with Gasteiger partial charge in [0.25, 0.3) is 11.7 Å². The lowest BCUT2D eigenvalue weighted by Gasteiger charge is -2.26. The van der Waals surface area contributed by atoms with Gasteiger partial charge >= 0.3 is 5.97 Å². The summed E-state index contributed by atoms with van der Waals surface area (Å²) >= 11 is 0. The Morgan fingerprint density at radius 3 is 2.15 bits per heavy atom. The summed E-state index contributed by atoms with van der Waals surface area (Å²) in [6, 6.07) is 16.6. The second-order valence-corrected chi connectivity index (χ2v) is 10.8. The topological polar surface area (TPSA) is 93.1 Å². The number of anilines is 1. The van der Waals surface area contributed by atoms with Crippen molar-refractivity contribution in [3.63, 3.8) is 0 Å². The zero-order valence-electron chi connectivity index (χ0n) is 23.3. The molecule has 0 aliphatic carbocycles. The van der Waals surface area contributed by atoms with Crippen LogP contribution in [0.5, 0.6) is 11.5 Å². The number of aryl methyl sites for hydroxylation is 2. The van der Waals surface area contributed by atoms with Crippen LogP contribution in [-0.4, -0.2) is 29.9 Å². The van der Waals surface area contributed by atoms with E-state index in [9.17, 15) is 19.5 Å². The number of carbonyl (C=O) groups excluding carboxylic acids is 3. The number of hydrogen-bond donors (Lipinski definition) is 1. The maximum Gasteiger partial charge on any atom is 0.308 e. The predicted octanol–water partition coefficient (Wildman–Crippen LogP) is 6.16. The zero-order chi connectivity index (χ0) is 28.6. The fourth-order valence-electron chi connectivity index (χ4n) is 4.68. The van der Waals surface area contributed by atoms with Gasteiger partial charge in [0, 0.05) is 12.6 Å². The average Bonchev–Trinajstić information content (AvgIpc) is 3.14. The molecule has 0 spiro atoms. The van der Waals surface area contributed by atoms with Gasteiger partial charge in [-0.3, -0.25) is 19.3 Å². The van der Waals surface area contributed by atoms with Gasteiger partial charge in [-0.15, -0.1) is 0 Å². The summed E-state index contributed by atoms with van der Waals surface area (Å²) in [4.78, 5) is 40.0. The van der Waals surface area contributed by atoms with Gasteiger partial charge in [0.15, 0.2) is 0 Å². The van der Waals surface area contributed by atoms with Crippen molar-refractivity contribution >= 4 is 29.1 Å². The standard InChI is InChI=1S/C32H33NO6/c1-18-8-12-23(16-19(18)2)33-28(21-9-13-24(14-10-21)39-20(3)34)27(30(36)31(33)37)29(35)25-17-22(32(4,5)6)11-15-26(25)38-7/h8-17,28,35H,1-7H3/b29-27+. The second kappa shape index (κ2) is 10.4. The molecule has 7 nitrogen and oxygen atoms in total. The molecule has 3 aromatic carbocycles. The third-order valence-electron chi connectivity index (χ3n) is 6.99. The van der Waals surface area contributed by atoms with E-state index in [0.717, 1.165) is 16.7 Å². The smallest absolute Gasteiger partial charge is 0.308 e. The Labute approximate surface area is 228 Å². The normalized spacial score (nSPS) is 16.9. The number of hydrogen-bond acceptors (Lipinski definition) is 6. The van der Waals surface area contributed by atoms with Crippen LogP contribution in [0.2, 0.25) is 0 Å². The highest BCUT2D eigenvalue weighted by atomic mass is 16.5. The summed E-state index contributed by atoms with van der Waals surface area (Å²) in [6.07, 6.45) is 0. The number of nitrogens with zero attached hydrogens (tertiary/aromatic N) is 1. The van der Waals surface area contributed by atoms with Crippen LogP contribution in [0.25, 0.3) is 5.76 Å². The number of ketones is 1. The molecule has 1 atom stereocenters. The van der Waals surface area contributed by atoms with Crippen molar-refractivity contribution in [1.82, 2.24) is 0 Å². The molecule has 1 heterocycles. The Morgan fingerprint density at radius 2 is 1.59 bits per heavy atom. The van der Waals surface area contributed by atoms with Crippen molar-refractivity contribution in [3.8, 4) is 11.5 Å². The van der Waals surface area contributed by atoms with Crippen LogP contribution in [-0.2, 0) is 19.8 Å². The van der Waals surface area contributed by atoms with E-state index in [0.29, 0.717) is 28.3 Å². The number of esters is 1. The van der Waals surface area contributed by atoms with Gasteiger partial charge in [-0.2, -0.15) is 0 Å². The largest absolute Gasteiger partial charge is 0.507 e. The van der Waals surface area contributed by atoms with E-state index in [1.165, 1.54) is 18.9 Å². The van der Waals surface area contributed by atoms with Crippen molar-refractivity contribution in [2.24, 2.45) is 0 Å². The SMILES string of the molecule is COc1ccc(C(C)(C)C)cc1/C(O)=C1\C(=O)C(=O)N(c2ccc(C)c(C)c2)C1c1ccc(OC(C)=O)cc1. The van der Waals surface area contributed by atoms with Crippen molar-refractivity contribution in [1.29, 1.82) is 0 Å². The van der Waals surface area contributed by atoms with E-state index in [2.05, 4.69) is 0 Å². The van der Waals surface area contributed by atoms with Gasteiger partial charge in [0.1, 0.15) is 17.3 Å². The molecule has 0 saturated carbocycles. The summed E-state index contributed by atoms with van der Waals surface area (Å²) < 4.78 is 10.7. The minimum atomic E-state index is -0.929. The number of aliphatic hydroxyl groups excluding tert-OH is 1. The van der Waals surface area contributed by atoms with E-state index in [1.807, 2.05) is 52.8 Å². The van der Waals surface area contributed by atoms with Crippen LogP contribution in [0.15, 0.2) is 66.2 Å². The molecule has 3 aromatic rings. The van der Waals surface area contributed by atoms with E-state index in [1.54, 1.807) is 42.5 Å². The maximum absolute atomic E-state index is 13.6. The molecule has 0 aromatic heterocycles. The summed E-state index contributed by atoms with van der Waals surface area (Å²) in [5.74, 6) is -1.63. The molecule has 39 heavy (non-hydrogen) atoms. The highest BCUT2D eigenvalue weighted by Crippen LogP contribution is 2.44. The third kappa shape index (κ3) is 5.30. The van der Waals surface area contributed by atoms with Gasteiger partial charge < -0.3 is 14.6 Å². The summed E-state index contributed by atoms with van der Waals surface area (Å²) in [7, 11) is 1.49. The maximum atomic E-state index is 13.6. The Hall–Kier alpha value is -4.39. The highest BCUT2D eigenvalue weighted by Gasteiger charge is 2.47. The molecule has 1 unspecified atom stereocenters. The first-order valence-corrected chi connectivity index (χ1v) is 12.7. The number of ether oxygens (including phenoxy) is 2. The monoisotopic (exact) mass is 527 g/mol.